The fourth-order valence-corrected chi connectivity index (χ4v) is 2.86. The Hall–Kier alpha value is -2.50. The van der Waals surface area contributed by atoms with Crippen molar-refractivity contribution in [3.05, 3.63) is 29.8 Å². The molecule has 0 spiro atoms. The highest BCUT2D eigenvalue weighted by molar-refractivity contribution is 5.93. The Morgan fingerprint density at radius 1 is 1.25 bits per heavy atom. The van der Waals surface area contributed by atoms with E-state index in [1.54, 1.807) is 37.3 Å². The Kier molecular flexibility index (Phi) is 5.84. The molecule has 1 saturated heterocycles. The summed E-state index contributed by atoms with van der Waals surface area (Å²) in [6.45, 7) is 2.36. The Balaban J connectivity index is 2.13. The monoisotopic (exact) mass is 332 g/mol. The van der Waals surface area contributed by atoms with Gasteiger partial charge in [0.05, 0.1) is 20.1 Å². The van der Waals surface area contributed by atoms with Gasteiger partial charge < -0.3 is 20.1 Å². The molecule has 2 atom stereocenters. The third kappa shape index (κ3) is 4.07. The van der Waals surface area contributed by atoms with Crippen molar-refractivity contribution >= 4 is 17.9 Å². The lowest BCUT2D eigenvalue weighted by atomic mass is 9.93. The second kappa shape index (κ2) is 7.86. The first-order valence-corrected chi connectivity index (χ1v) is 7.96. The molecular formula is C18H24N2O4. The molecule has 2 amide bonds. The van der Waals surface area contributed by atoms with Crippen molar-refractivity contribution in [1.82, 2.24) is 4.90 Å². The molecule has 1 aromatic carbocycles. The molecule has 1 aliphatic rings. The van der Waals surface area contributed by atoms with Crippen LogP contribution in [0.1, 0.15) is 25.3 Å². The first-order chi connectivity index (χ1) is 11.5. The maximum absolute atomic E-state index is 12.5. The first-order valence-electron chi connectivity index (χ1n) is 7.96. The highest BCUT2D eigenvalue weighted by Gasteiger charge is 2.30. The van der Waals surface area contributed by atoms with Crippen molar-refractivity contribution in [3.8, 4) is 11.5 Å². The zero-order valence-electron chi connectivity index (χ0n) is 14.3. The maximum atomic E-state index is 12.5. The van der Waals surface area contributed by atoms with Gasteiger partial charge in [0.2, 0.25) is 11.8 Å². The van der Waals surface area contributed by atoms with E-state index in [1.807, 2.05) is 13.0 Å². The molecule has 24 heavy (non-hydrogen) atoms. The van der Waals surface area contributed by atoms with Gasteiger partial charge in [-0.3, -0.25) is 9.59 Å². The predicted octanol–water partition coefficient (Wildman–Crippen LogP) is 1.83. The lowest BCUT2D eigenvalue weighted by molar-refractivity contribution is -0.133. The number of hydrogen-bond acceptors (Lipinski definition) is 4. The number of carbonyl (C=O) groups excluding carboxylic acids is 2. The van der Waals surface area contributed by atoms with E-state index in [4.69, 9.17) is 15.2 Å². The van der Waals surface area contributed by atoms with Crippen LogP contribution in [0.2, 0.25) is 0 Å². The predicted molar refractivity (Wildman–Crippen MR) is 91.7 cm³/mol. The molecule has 6 heteroatoms. The number of carbonyl (C=O) groups is 2. The van der Waals surface area contributed by atoms with E-state index in [9.17, 15) is 9.59 Å². The minimum Gasteiger partial charge on any atom is -0.497 e. The molecule has 0 aromatic heterocycles. The number of amides is 2. The van der Waals surface area contributed by atoms with Crippen molar-refractivity contribution in [3.63, 3.8) is 0 Å². The number of piperidine rings is 1. The van der Waals surface area contributed by atoms with Crippen molar-refractivity contribution < 1.29 is 19.1 Å². The zero-order chi connectivity index (χ0) is 17.7. The van der Waals surface area contributed by atoms with Gasteiger partial charge in [-0.25, -0.2) is 0 Å². The van der Waals surface area contributed by atoms with Crippen LogP contribution in [0.5, 0.6) is 11.5 Å². The fraction of sp³-hybridized carbons (Fsp3) is 0.444. The molecule has 0 radical (unpaired) electrons. The lowest BCUT2D eigenvalue weighted by Crippen LogP contribution is -2.48. The van der Waals surface area contributed by atoms with Gasteiger partial charge in [0.25, 0.3) is 0 Å². The average Bonchev–Trinajstić information content (AvgIpc) is 2.59. The number of methoxy groups -OCH3 is 2. The van der Waals surface area contributed by atoms with Crippen LogP contribution in [0.15, 0.2) is 24.3 Å². The molecular weight excluding hydrogens is 308 g/mol. The summed E-state index contributed by atoms with van der Waals surface area (Å²) in [5, 5.41) is 0. The van der Waals surface area contributed by atoms with Crippen molar-refractivity contribution in [2.45, 2.75) is 25.8 Å². The molecule has 1 fully saturated rings. The van der Waals surface area contributed by atoms with Crippen LogP contribution in [0.4, 0.5) is 0 Å². The van der Waals surface area contributed by atoms with Gasteiger partial charge in [0.15, 0.2) is 0 Å². The van der Waals surface area contributed by atoms with Gasteiger partial charge in [-0.15, -0.1) is 0 Å². The largest absolute Gasteiger partial charge is 0.497 e. The van der Waals surface area contributed by atoms with Gasteiger partial charge in [-0.1, -0.05) is 0 Å². The highest BCUT2D eigenvalue weighted by atomic mass is 16.5. The van der Waals surface area contributed by atoms with Crippen molar-refractivity contribution in [2.75, 3.05) is 20.8 Å². The summed E-state index contributed by atoms with van der Waals surface area (Å²) in [6.07, 6.45) is 4.72. The van der Waals surface area contributed by atoms with E-state index in [1.165, 1.54) is 6.08 Å². The molecule has 0 bridgehead atoms. The Labute approximate surface area is 142 Å². The molecule has 0 unspecified atom stereocenters. The second-order valence-electron chi connectivity index (χ2n) is 5.96. The van der Waals surface area contributed by atoms with Crippen LogP contribution in [0.3, 0.4) is 0 Å². The molecule has 1 heterocycles. The maximum Gasteiger partial charge on any atom is 0.246 e. The van der Waals surface area contributed by atoms with Gasteiger partial charge in [-0.2, -0.15) is 0 Å². The topological polar surface area (TPSA) is 81.9 Å². The van der Waals surface area contributed by atoms with Crippen LogP contribution in [-0.2, 0) is 9.59 Å². The lowest BCUT2D eigenvalue weighted by Gasteiger charge is -2.36. The van der Waals surface area contributed by atoms with E-state index in [0.29, 0.717) is 18.0 Å². The van der Waals surface area contributed by atoms with Crippen LogP contribution >= 0.6 is 0 Å². The van der Waals surface area contributed by atoms with Gasteiger partial charge in [-0.05, 0) is 38.0 Å². The van der Waals surface area contributed by atoms with Crippen LogP contribution in [0.25, 0.3) is 6.08 Å². The van der Waals surface area contributed by atoms with Gasteiger partial charge in [0, 0.05) is 30.3 Å². The van der Waals surface area contributed by atoms with Crippen LogP contribution in [-0.4, -0.2) is 43.5 Å². The number of hydrogen-bond donors (Lipinski definition) is 1. The standard InChI is InChI=1S/C18H24N2O4/c1-12-4-5-14(18(19)22)11-20(12)17(21)9-7-13-6-8-15(23-2)10-16(13)24-3/h6-10,12,14H,4-5,11H2,1-3H3,(H2,19,22)/b9-7-/t12-,14-/m1/s1. The van der Waals surface area contributed by atoms with Crippen molar-refractivity contribution in [2.24, 2.45) is 11.7 Å². The highest BCUT2D eigenvalue weighted by Crippen LogP contribution is 2.26. The average molecular weight is 332 g/mol. The van der Waals surface area contributed by atoms with Gasteiger partial charge >= 0.3 is 0 Å². The minimum absolute atomic E-state index is 0.0931. The fourth-order valence-electron chi connectivity index (χ4n) is 2.86. The Morgan fingerprint density at radius 3 is 2.62 bits per heavy atom. The summed E-state index contributed by atoms with van der Waals surface area (Å²) in [5.41, 5.74) is 6.16. The summed E-state index contributed by atoms with van der Waals surface area (Å²) < 4.78 is 10.5. The molecule has 0 aliphatic carbocycles. The number of nitrogens with two attached hydrogens (primary N) is 1. The third-order valence-corrected chi connectivity index (χ3v) is 4.41. The number of rotatable bonds is 5. The molecule has 130 valence electrons. The quantitative estimate of drug-likeness (QED) is 0.834. The summed E-state index contributed by atoms with van der Waals surface area (Å²) in [7, 11) is 3.15. The molecule has 1 aliphatic heterocycles. The molecule has 1 aromatic rings. The minimum atomic E-state index is -0.347. The van der Waals surface area contributed by atoms with Crippen LogP contribution in [0, 0.1) is 5.92 Å². The SMILES string of the molecule is COc1ccc(/C=C\C(=O)N2C[C@H](C(N)=O)CC[C@H]2C)c(OC)c1. The molecule has 2 rings (SSSR count). The third-order valence-electron chi connectivity index (χ3n) is 4.41. The first kappa shape index (κ1) is 17.8. The van der Waals surface area contributed by atoms with E-state index in [2.05, 4.69) is 0 Å². The number of likely N-dealkylation sites (tertiary alicyclic amines) is 1. The number of nitrogens with zero attached hydrogens (tertiary/aromatic N) is 1. The van der Waals surface area contributed by atoms with E-state index in [0.717, 1.165) is 18.4 Å². The summed E-state index contributed by atoms with van der Waals surface area (Å²) in [5.74, 6) is 0.560. The normalized spacial score (nSPS) is 20.9. The second-order valence-corrected chi connectivity index (χ2v) is 5.96. The van der Waals surface area contributed by atoms with Gasteiger partial charge in [0.1, 0.15) is 11.5 Å². The smallest absolute Gasteiger partial charge is 0.246 e. The van der Waals surface area contributed by atoms with E-state index in [-0.39, 0.29) is 23.8 Å². The number of ether oxygens (including phenoxy) is 2. The molecule has 6 nitrogen and oxygen atoms in total. The van der Waals surface area contributed by atoms with Crippen molar-refractivity contribution in [1.29, 1.82) is 0 Å². The van der Waals surface area contributed by atoms with E-state index >= 15 is 0 Å². The number of primary amides is 1. The van der Waals surface area contributed by atoms with Crippen LogP contribution < -0.4 is 15.2 Å². The Morgan fingerprint density at radius 2 is 2.00 bits per heavy atom. The zero-order valence-corrected chi connectivity index (χ0v) is 14.3. The summed E-state index contributed by atoms with van der Waals surface area (Å²) in [4.78, 5) is 25.6. The summed E-state index contributed by atoms with van der Waals surface area (Å²) in [6, 6.07) is 5.49. The Bertz CT molecular complexity index is 642. The molecule has 2 N–H and O–H groups in total. The van der Waals surface area contributed by atoms with E-state index < -0.39 is 0 Å². The molecule has 0 saturated carbocycles. The number of benzene rings is 1. The summed E-state index contributed by atoms with van der Waals surface area (Å²) >= 11 is 0.